The van der Waals surface area contributed by atoms with E-state index in [0.717, 1.165) is 43.6 Å². The van der Waals surface area contributed by atoms with Crippen molar-refractivity contribution >= 4 is 35.1 Å². The van der Waals surface area contributed by atoms with E-state index in [4.69, 9.17) is 0 Å². The Balaban J connectivity index is 1.49. The van der Waals surface area contributed by atoms with Crippen molar-refractivity contribution < 1.29 is 9.59 Å². The maximum atomic E-state index is 14.5. The number of pyridine rings is 1. The highest BCUT2D eigenvalue weighted by Crippen LogP contribution is 2.44. The Hall–Kier alpha value is -3.93. The fraction of sp³-hybridized carbons (Fsp3) is 0.114. The smallest absolute Gasteiger partial charge is 0.196 e. The Morgan fingerprint density at radius 3 is 1.70 bits per heavy atom. The van der Waals surface area contributed by atoms with Crippen LogP contribution in [-0.2, 0) is 12.8 Å². The summed E-state index contributed by atoms with van der Waals surface area (Å²) in [6, 6.07) is 30.0. The Morgan fingerprint density at radius 1 is 0.550 bits per heavy atom. The number of rotatable bonds is 7. The van der Waals surface area contributed by atoms with Crippen molar-refractivity contribution in [1.82, 2.24) is 4.98 Å². The van der Waals surface area contributed by atoms with Gasteiger partial charge in [-0.25, -0.2) is 0 Å². The van der Waals surface area contributed by atoms with Crippen molar-refractivity contribution in [1.29, 1.82) is 0 Å². The molecule has 0 bridgehead atoms. The number of hydrogen-bond acceptors (Lipinski definition) is 5. The minimum absolute atomic E-state index is 0.114. The molecule has 1 aliphatic rings. The molecule has 0 aliphatic heterocycles. The summed E-state index contributed by atoms with van der Waals surface area (Å²) in [5.41, 5.74) is 6.01. The van der Waals surface area contributed by atoms with Gasteiger partial charge in [0, 0.05) is 54.2 Å². The molecule has 0 unspecified atom stereocenters. The number of hydrogen-bond donors (Lipinski definition) is 0. The fourth-order valence-electron chi connectivity index (χ4n) is 5.04. The van der Waals surface area contributed by atoms with E-state index in [1.807, 2.05) is 36.4 Å². The Bertz CT molecular complexity index is 1730. The molecule has 0 fully saturated rings. The first kappa shape index (κ1) is 26.3. The number of fused-ring (bicyclic) bond motifs is 2. The van der Waals surface area contributed by atoms with E-state index in [9.17, 15) is 9.59 Å². The van der Waals surface area contributed by atoms with Gasteiger partial charge in [-0.05, 0) is 83.6 Å². The minimum atomic E-state index is -0.117. The van der Waals surface area contributed by atoms with Crippen LogP contribution in [0.15, 0.2) is 123 Å². The van der Waals surface area contributed by atoms with Crippen LogP contribution in [0.2, 0.25) is 0 Å². The zero-order chi connectivity index (χ0) is 27.6. The topological polar surface area (TPSA) is 47.0 Å². The van der Waals surface area contributed by atoms with Gasteiger partial charge in [0.25, 0.3) is 0 Å². The van der Waals surface area contributed by atoms with Gasteiger partial charge in [0.2, 0.25) is 0 Å². The molecule has 0 radical (unpaired) electrons. The molecule has 0 atom stereocenters. The first-order valence-electron chi connectivity index (χ1n) is 13.4. The monoisotopic (exact) mass is 557 g/mol. The van der Waals surface area contributed by atoms with Crippen LogP contribution < -0.4 is 0 Å². The SMILES string of the molecule is CCc1ccc(Sc2cccc3c2C(=O)c2c(-c4ccncc4)ccc(Sc4ccc(CC)cc4)c2C3=O)cc1. The molecule has 4 aromatic carbocycles. The molecular formula is C35H27NO2S2. The Kier molecular flexibility index (Phi) is 7.42. The van der Waals surface area contributed by atoms with Crippen molar-refractivity contribution in [2.24, 2.45) is 0 Å². The predicted octanol–water partition coefficient (Wildman–Crippen LogP) is 8.95. The van der Waals surface area contributed by atoms with E-state index in [1.165, 1.54) is 34.7 Å². The third kappa shape index (κ3) is 4.91. The summed E-state index contributed by atoms with van der Waals surface area (Å²) in [5, 5.41) is 0. The molecule has 0 saturated heterocycles. The van der Waals surface area contributed by atoms with Crippen LogP contribution in [0.1, 0.15) is 56.8 Å². The van der Waals surface area contributed by atoms with Gasteiger partial charge in [-0.15, -0.1) is 0 Å². The van der Waals surface area contributed by atoms with Crippen molar-refractivity contribution in [2.75, 3.05) is 0 Å². The summed E-state index contributed by atoms with van der Waals surface area (Å²) >= 11 is 3.05. The molecule has 0 saturated carbocycles. The molecule has 0 spiro atoms. The maximum absolute atomic E-state index is 14.5. The van der Waals surface area contributed by atoms with Crippen molar-refractivity contribution in [3.05, 3.63) is 137 Å². The van der Waals surface area contributed by atoms with Crippen LogP contribution in [0.3, 0.4) is 0 Å². The number of carbonyl (C=O) groups is 2. The second kappa shape index (κ2) is 11.3. The lowest BCUT2D eigenvalue weighted by molar-refractivity contribution is 0.0975. The molecule has 0 N–H and O–H groups in total. The summed E-state index contributed by atoms with van der Waals surface area (Å²) in [7, 11) is 0. The molecule has 5 heteroatoms. The maximum Gasteiger partial charge on any atom is 0.196 e. The first-order valence-corrected chi connectivity index (χ1v) is 15.0. The third-order valence-corrected chi connectivity index (χ3v) is 9.37. The highest BCUT2D eigenvalue weighted by atomic mass is 32.2. The highest BCUT2D eigenvalue weighted by Gasteiger charge is 2.36. The van der Waals surface area contributed by atoms with E-state index in [2.05, 4.69) is 67.4 Å². The second-order valence-electron chi connectivity index (χ2n) is 9.63. The molecule has 6 rings (SSSR count). The van der Waals surface area contributed by atoms with E-state index >= 15 is 0 Å². The van der Waals surface area contributed by atoms with Crippen LogP contribution in [0.25, 0.3) is 11.1 Å². The average molecular weight is 558 g/mol. The second-order valence-corrected chi connectivity index (χ2v) is 11.9. The van der Waals surface area contributed by atoms with Gasteiger partial charge in [-0.3, -0.25) is 14.6 Å². The summed E-state index contributed by atoms with van der Waals surface area (Å²) in [6.45, 7) is 4.26. The average Bonchev–Trinajstić information content (AvgIpc) is 3.01. The number of nitrogens with zero attached hydrogens (tertiary/aromatic N) is 1. The van der Waals surface area contributed by atoms with E-state index in [-0.39, 0.29) is 11.6 Å². The van der Waals surface area contributed by atoms with Crippen LogP contribution in [0, 0.1) is 0 Å². The number of aromatic nitrogens is 1. The van der Waals surface area contributed by atoms with Gasteiger partial charge in [-0.2, -0.15) is 0 Å². The number of aryl methyl sites for hydroxylation is 2. The van der Waals surface area contributed by atoms with E-state index < -0.39 is 0 Å². The van der Waals surface area contributed by atoms with Crippen molar-refractivity contribution in [3.63, 3.8) is 0 Å². The van der Waals surface area contributed by atoms with Crippen LogP contribution >= 0.6 is 23.5 Å². The molecule has 196 valence electrons. The van der Waals surface area contributed by atoms with Crippen molar-refractivity contribution in [3.8, 4) is 11.1 Å². The number of carbonyl (C=O) groups excluding carboxylic acids is 2. The lowest BCUT2D eigenvalue weighted by Crippen LogP contribution is -2.23. The standard InChI is InChI=1S/C35H27NO2S2/c1-3-22-8-12-25(13-9-22)39-29-7-5-6-28-31(29)35(38)32-27(24-18-20-36-21-19-24)16-17-30(33(32)34(28)37)40-26-14-10-23(4-2)11-15-26/h5-21H,3-4H2,1-2H3. The predicted molar refractivity (Wildman–Crippen MR) is 163 cm³/mol. The third-order valence-electron chi connectivity index (χ3n) is 7.23. The van der Waals surface area contributed by atoms with Gasteiger partial charge in [0.05, 0.1) is 0 Å². The lowest BCUT2D eigenvalue weighted by atomic mass is 9.80. The first-order chi connectivity index (χ1) is 19.6. The molecule has 0 amide bonds. The fourth-order valence-corrected chi connectivity index (χ4v) is 6.98. The van der Waals surface area contributed by atoms with Gasteiger partial charge >= 0.3 is 0 Å². The number of ketones is 2. The molecule has 1 aliphatic carbocycles. The molecule has 1 heterocycles. The summed E-state index contributed by atoms with van der Waals surface area (Å²) in [4.78, 5) is 36.5. The highest BCUT2D eigenvalue weighted by molar-refractivity contribution is 7.99. The Morgan fingerprint density at radius 2 is 1.12 bits per heavy atom. The molecule has 5 aromatic rings. The Labute approximate surface area is 243 Å². The quantitative estimate of drug-likeness (QED) is 0.196. The summed E-state index contributed by atoms with van der Waals surface area (Å²) in [6.07, 6.45) is 5.36. The molecule has 3 nitrogen and oxygen atoms in total. The number of benzene rings is 4. The normalized spacial score (nSPS) is 12.2. The zero-order valence-electron chi connectivity index (χ0n) is 22.3. The minimum Gasteiger partial charge on any atom is -0.289 e. The van der Waals surface area contributed by atoms with E-state index in [1.54, 1.807) is 18.5 Å². The largest absolute Gasteiger partial charge is 0.289 e. The van der Waals surface area contributed by atoms with Crippen LogP contribution in [0.4, 0.5) is 0 Å². The zero-order valence-corrected chi connectivity index (χ0v) is 23.9. The molecular weight excluding hydrogens is 531 g/mol. The van der Waals surface area contributed by atoms with E-state index in [0.29, 0.717) is 22.3 Å². The van der Waals surface area contributed by atoms with Crippen molar-refractivity contribution in [2.45, 2.75) is 46.3 Å². The van der Waals surface area contributed by atoms with Gasteiger partial charge in [0.15, 0.2) is 11.6 Å². The summed E-state index contributed by atoms with van der Waals surface area (Å²) < 4.78 is 0. The van der Waals surface area contributed by atoms with Gasteiger partial charge in [0.1, 0.15) is 0 Å². The van der Waals surface area contributed by atoms with Gasteiger partial charge in [-0.1, -0.05) is 79.8 Å². The molecule has 1 aromatic heterocycles. The van der Waals surface area contributed by atoms with Crippen LogP contribution in [0.5, 0.6) is 0 Å². The van der Waals surface area contributed by atoms with Crippen LogP contribution in [-0.4, -0.2) is 16.6 Å². The lowest BCUT2D eigenvalue weighted by Gasteiger charge is -2.24. The molecule has 40 heavy (non-hydrogen) atoms. The summed E-state index contributed by atoms with van der Waals surface area (Å²) in [5.74, 6) is -0.231. The van der Waals surface area contributed by atoms with Gasteiger partial charge < -0.3 is 0 Å².